The molecule has 1 amide bonds. The number of sulfone groups is 1. The van der Waals surface area contributed by atoms with Crippen molar-refractivity contribution in [3.63, 3.8) is 0 Å². The molecule has 0 radical (unpaired) electrons. The fourth-order valence-electron chi connectivity index (χ4n) is 3.05. The maximum atomic E-state index is 13.3. The number of halogens is 1. The van der Waals surface area contributed by atoms with Gasteiger partial charge in [0.15, 0.2) is 20.7 Å². The molecule has 1 atom stereocenters. The standard InChI is InChI=1S/C18H20ClN3O4S2/c1-26-14-5-3-12(4-6-14)10-22(13-7-8-28(24,25)11-13)17(23)16-15(19)9-20-18(21-16)27-2/h3-6,9,13H,7-8,10-11H2,1-2H3/t13-/m1/s1. The van der Waals surface area contributed by atoms with Crippen LogP contribution in [0, 0.1) is 0 Å². The van der Waals surface area contributed by atoms with Crippen LogP contribution in [-0.2, 0) is 16.4 Å². The summed E-state index contributed by atoms with van der Waals surface area (Å²) in [6.07, 6.45) is 3.59. The summed E-state index contributed by atoms with van der Waals surface area (Å²) in [6, 6.07) is 6.86. The number of aromatic nitrogens is 2. The first-order valence-electron chi connectivity index (χ1n) is 8.54. The first-order chi connectivity index (χ1) is 13.3. The Hall–Kier alpha value is -1.84. The number of methoxy groups -OCH3 is 1. The molecule has 7 nitrogen and oxygen atoms in total. The Balaban J connectivity index is 1.94. The Morgan fingerprint density at radius 1 is 1.36 bits per heavy atom. The molecule has 3 rings (SSSR count). The lowest BCUT2D eigenvalue weighted by Crippen LogP contribution is -2.41. The fourth-order valence-corrected chi connectivity index (χ4v) is 5.29. The Labute approximate surface area is 173 Å². The molecule has 0 unspecified atom stereocenters. The van der Waals surface area contributed by atoms with Crippen molar-refractivity contribution >= 4 is 39.1 Å². The van der Waals surface area contributed by atoms with Gasteiger partial charge in [-0.1, -0.05) is 35.5 Å². The number of carbonyl (C=O) groups is 1. The molecule has 2 aromatic rings. The molecular weight excluding hydrogens is 422 g/mol. The zero-order valence-electron chi connectivity index (χ0n) is 15.5. The van der Waals surface area contributed by atoms with Crippen molar-refractivity contribution in [2.24, 2.45) is 0 Å². The highest BCUT2D eigenvalue weighted by Crippen LogP contribution is 2.25. The second kappa shape index (κ2) is 8.67. The van der Waals surface area contributed by atoms with E-state index in [0.717, 1.165) is 5.56 Å². The van der Waals surface area contributed by atoms with E-state index in [4.69, 9.17) is 16.3 Å². The van der Waals surface area contributed by atoms with Gasteiger partial charge in [-0.05, 0) is 30.4 Å². The Bertz CT molecular complexity index is 967. The molecule has 0 spiro atoms. The van der Waals surface area contributed by atoms with Crippen LogP contribution in [0.4, 0.5) is 0 Å². The molecular formula is C18H20ClN3O4S2. The summed E-state index contributed by atoms with van der Waals surface area (Å²) in [5.41, 5.74) is 0.938. The van der Waals surface area contributed by atoms with Crippen molar-refractivity contribution in [1.82, 2.24) is 14.9 Å². The molecule has 1 fully saturated rings. The second-order valence-electron chi connectivity index (χ2n) is 6.39. The van der Waals surface area contributed by atoms with Gasteiger partial charge in [0, 0.05) is 12.6 Å². The molecule has 1 aliphatic heterocycles. The van der Waals surface area contributed by atoms with Gasteiger partial charge in [-0.15, -0.1) is 0 Å². The average molecular weight is 442 g/mol. The average Bonchev–Trinajstić information content (AvgIpc) is 3.06. The lowest BCUT2D eigenvalue weighted by atomic mass is 10.1. The normalized spacial score (nSPS) is 18.0. The molecule has 150 valence electrons. The summed E-state index contributed by atoms with van der Waals surface area (Å²) < 4.78 is 29.2. The van der Waals surface area contributed by atoms with Crippen LogP contribution in [-0.4, -0.2) is 60.1 Å². The van der Waals surface area contributed by atoms with Crippen molar-refractivity contribution in [3.05, 3.63) is 46.7 Å². The molecule has 0 bridgehead atoms. The highest BCUT2D eigenvalue weighted by Gasteiger charge is 2.36. The lowest BCUT2D eigenvalue weighted by Gasteiger charge is -2.28. The third-order valence-electron chi connectivity index (χ3n) is 4.53. The summed E-state index contributed by atoms with van der Waals surface area (Å²) in [6.45, 7) is 0.248. The van der Waals surface area contributed by atoms with E-state index in [2.05, 4.69) is 9.97 Å². The molecule has 1 aliphatic rings. The number of hydrogen-bond acceptors (Lipinski definition) is 7. The van der Waals surface area contributed by atoms with Crippen molar-refractivity contribution in [1.29, 1.82) is 0 Å². The minimum atomic E-state index is -3.17. The van der Waals surface area contributed by atoms with Gasteiger partial charge in [0.1, 0.15) is 5.75 Å². The van der Waals surface area contributed by atoms with Crippen molar-refractivity contribution in [3.8, 4) is 5.75 Å². The number of rotatable bonds is 6. The van der Waals surface area contributed by atoms with Crippen LogP contribution in [0.15, 0.2) is 35.6 Å². The predicted molar refractivity (Wildman–Crippen MR) is 109 cm³/mol. The van der Waals surface area contributed by atoms with Crippen LogP contribution >= 0.6 is 23.4 Å². The molecule has 1 saturated heterocycles. The van der Waals surface area contributed by atoms with E-state index >= 15 is 0 Å². The predicted octanol–water partition coefficient (Wildman–Crippen LogP) is 2.69. The Kier molecular flexibility index (Phi) is 6.47. The van der Waals surface area contributed by atoms with Crippen LogP contribution in [0.25, 0.3) is 0 Å². The van der Waals surface area contributed by atoms with Gasteiger partial charge in [0.05, 0.1) is 29.8 Å². The van der Waals surface area contributed by atoms with Crippen LogP contribution in [0.5, 0.6) is 5.75 Å². The summed E-state index contributed by atoms with van der Waals surface area (Å²) in [5, 5.41) is 0.569. The highest BCUT2D eigenvalue weighted by atomic mass is 35.5. The Morgan fingerprint density at radius 3 is 2.64 bits per heavy atom. The number of thioether (sulfide) groups is 1. The maximum Gasteiger partial charge on any atom is 0.274 e. The number of nitrogens with zero attached hydrogens (tertiary/aromatic N) is 3. The number of carbonyl (C=O) groups excluding carboxylic acids is 1. The topological polar surface area (TPSA) is 89.5 Å². The maximum absolute atomic E-state index is 13.3. The molecule has 1 aromatic heterocycles. The summed E-state index contributed by atoms with van der Waals surface area (Å²) >= 11 is 7.48. The summed E-state index contributed by atoms with van der Waals surface area (Å²) in [5.74, 6) is 0.305. The van der Waals surface area contributed by atoms with Crippen LogP contribution in [0.2, 0.25) is 5.02 Å². The molecule has 0 saturated carbocycles. The zero-order valence-corrected chi connectivity index (χ0v) is 17.9. The fraction of sp³-hybridized carbons (Fsp3) is 0.389. The van der Waals surface area contributed by atoms with Crippen LogP contribution < -0.4 is 4.74 Å². The van der Waals surface area contributed by atoms with Crippen molar-refractivity contribution in [2.45, 2.75) is 24.2 Å². The number of ether oxygens (including phenoxy) is 1. The third-order valence-corrected chi connectivity index (χ3v) is 7.12. The largest absolute Gasteiger partial charge is 0.497 e. The monoisotopic (exact) mass is 441 g/mol. The zero-order chi connectivity index (χ0) is 20.3. The number of hydrogen-bond donors (Lipinski definition) is 0. The molecule has 1 aromatic carbocycles. The second-order valence-corrected chi connectivity index (χ2v) is 9.80. The van der Waals surface area contributed by atoms with Gasteiger partial charge in [-0.25, -0.2) is 18.4 Å². The third kappa shape index (κ3) is 4.76. The van der Waals surface area contributed by atoms with Gasteiger partial charge in [-0.2, -0.15) is 0 Å². The van der Waals surface area contributed by atoms with Crippen LogP contribution in [0.3, 0.4) is 0 Å². The van der Waals surface area contributed by atoms with E-state index in [9.17, 15) is 13.2 Å². The molecule has 0 aliphatic carbocycles. The smallest absolute Gasteiger partial charge is 0.274 e. The Morgan fingerprint density at radius 2 is 2.07 bits per heavy atom. The summed E-state index contributed by atoms with van der Waals surface area (Å²) in [4.78, 5) is 23.1. The van der Waals surface area contributed by atoms with E-state index in [1.54, 1.807) is 30.4 Å². The minimum absolute atomic E-state index is 0.0625. The molecule has 2 heterocycles. The quantitative estimate of drug-likeness (QED) is 0.502. The van der Waals surface area contributed by atoms with Crippen molar-refractivity contribution in [2.75, 3.05) is 24.9 Å². The van der Waals surface area contributed by atoms with E-state index in [0.29, 0.717) is 17.3 Å². The van der Waals surface area contributed by atoms with Gasteiger partial charge in [0.25, 0.3) is 5.91 Å². The summed E-state index contributed by atoms with van der Waals surface area (Å²) in [7, 11) is -1.59. The van der Waals surface area contributed by atoms with E-state index in [-0.39, 0.29) is 28.8 Å². The first-order valence-corrected chi connectivity index (χ1v) is 12.0. The number of benzene rings is 1. The molecule has 10 heteroatoms. The number of amides is 1. The van der Waals surface area contributed by atoms with Gasteiger partial charge in [0.2, 0.25) is 0 Å². The molecule has 28 heavy (non-hydrogen) atoms. The highest BCUT2D eigenvalue weighted by molar-refractivity contribution is 7.98. The van der Waals surface area contributed by atoms with Crippen LogP contribution in [0.1, 0.15) is 22.5 Å². The van der Waals surface area contributed by atoms with E-state index in [1.165, 1.54) is 18.0 Å². The van der Waals surface area contributed by atoms with E-state index < -0.39 is 21.8 Å². The SMILES string of the molecule is COc1ccc(CN(C(=O)c2nc(SC)ncc2Cl)[C@@H]2CCS(=O)(=O)C2)cc1. The minimum Gasteiger partial charge on any atom is -0.497 e. The van der Waals surface area contributed by atoms with Gasteiger partial charge >= 0.3 is 0 Å². The van der Waals surface area contributed by atoms with Gasteiger partial charge in [-0.3, -0.25) is 4.79 Å². The van der Waals surface area contributed by atoms with Crippen molar-refractivity contribution < 1.29 is 17.9 Å². The molecule has 0 N–H and O–H groups in total. The van der Waals surface area contributed by atoms with E-state index in [1.807, 2.05) is 12.1 Å². The van der Waals surface area contributed by atoms with Gasteiger partial charge < -0.3 is 9.64 Å². The lowest BCUT2D eigenvalue weighted by molar-refractivity contribution is 0.0674. The first kappa shape index (κ1) is 20.9.